The molecule has 0 heterocycles. The van der Waals surface area contributed by atoms with Crippen molar-refractivity contribution < 1.29 is 9.47 Å². The van der Waals surface area contributed by atoms with Crippen molar-refractivity contribution in [1.82, 2.24) is 0 Å². The molecule has 0 unspecified atom stereocenters. The lowest BCUT2D eigenvalue weighted by molar-refractivity contribution is 0.202. The molecular formula is C14H21NO2. The van der Waals surface area contributed by atoms with Crippen molar-refractivity contribution in [3.63, 3.8) is 0 Å². The molecule has 0 bridgehead atoms. The first-order chi connectivity index (χ1) is 8.29. The van der Waals surface area contributed by atoms with Gasteiger partial charge in [-0.15, -0.1) is 0 Å². The van der Waals surface area contributed by atoms with Crippen LogP contribution in [0.5, 0.6) is 11.5 Å². The molecule has 0 radical (unpaired) electrons. The third kappa shape index (κ3) is 3.29. The fourth-order valence-corrected chi connectivity index (χ4v) is 2.37. The first-order valence-electron chi connectivity index (χ1n) is 6.36. The highest BCUT2D eigenvalue weighted by Gasteiger charge is 2.15. The van der Waals surface area contributed by atoms with Gasteiger partial charge >= 0.3 is 0 Å². The Morgan fingerprint density at radius 1 is 1.18 bits per heavy atom. The molecule has 17 heavy (non-hydrogen) atoms. The minimum absolute atomic E-state index is 0.690. The minimum Gasteiger partial charge on any atom is -0.493 e. The number of rotatable bonds is 4. The van der Waals surface area contributed by atoms with E-state index in [0.717, 1.165) is 18.1 Å². The van der Waals surface area contributed by atoms with E-state index < -0.39 is 0 Å². The van der Waals surface area contributed by atoms with Gasteiger partial charge in [-0.1, -0.05) is 19.3 Å². The van der Waals surface area contributed by atoms with Crippen LogP contribution in [0.4, 0.5) is 5.69 Å². The Bertz CT molecular complexity index is 359. The lowest BCUT2D eigenvalue weighted by Gasteiger charge is -2.22. The molecule has 0 spiro atoms. The van der Waals surface area contributed by atoms with E-state index in [9.17, 15) is 0 Å². The highest BCUT2D eigenvalue weighted by Crippen LogP contribution is 2.31. The van der Waals surface area contributed by atoms with E-state index in [4.69, 9.17) is 15.2 Å². The highest BCUT2D eigenvalue weighted by molar-refractivity contribution is 5.51. The molecule has 1 saturated carbocycles. The summed E-state index contributed by atoms with van der Waals surface area (Å²) < 4.78 is 11.1. The maximum atomic E-state index is 5.84. The Labute approximate surface area is 103 Å². The normalized spacial score (nSPS) is 16.8. The zero-order valence-corrected chi connectivity index (χ0v) is 10.4. The van der Waals surface area contributed by atoms with E-state index in [1.165, 1.54) is 32.1 Å². The Morgan fingerprint density at radius 3 is 2.65 bits per heavy atom. The van der Waals surface area contributed by atoms with E-state index in [1.807, 2.05) is 18.2 Å². The SMILES string of the molecule is COc1ccc(N)cc1OCC1CCCCC1. The fourth-order valence-electron chi connectivity index (χ4n) is 2.37. The number of nitrogens with two attached hydrogens (primary N) is 1. The van der Waals surface area contributed by atoms with Gasteiger partial charge in [-0.3, -0.25) is 0 Å². The number of methoxy groups -OCH3 is 1. The van der Waals surface area contributed by atoms with Crippen molar-refractivity contribution in [2.45, 2.75) is 32.1 Å². The van der Waals surface area contributed by atoms with Gasteiger partial charge in [0.1, 0.15) is 0 Å². The predicted molar refractivity (Wildman–Crippen MR) is 69.5 cm³/mol. The molecule has 2 rings (SSSR count). The molecule has 1 fully saturated rings. The van der Waals surface area contributed by atoms with Crippen molar-refractivity contribution in [3.8, 4) is 11.5 Å². The van der Waals surface area contributed by atoms with Gasteiger partial charge in [-0.2, -0.15) is 0 Å². The zero-order valence-electron chi connectivity index (χ0n) is 10.4. The van der Waals surface area contributed by atoms with Gasteiger partial charge in [0.05, 0.1) is 13.7 Å². The molecule has 1 aliphatic carbocycles. The molecule has 3 nitrogen and oxygen atoms in total. The average Bonchev–Trinajstić information content (AvgIpc) is 2.38. The number of hydrogen-bond acceptors (Lipinski definition) is 3. The van der Waals surface area contributed by atoms with Gasteiger partial charge < -0.3 is 15.2 Å². The van der Waals surface area contributed by atoms with E-state index in [2.05, 4.69) is 0 Å². The summed E-state index contributed by atoms with van der Waals surface area (Å²) in [6.07, 6.45) is 6.61. The third-order valence-corrected chi connectivity index (χ3v) is 3.39. The topological polar surface area (TPSA) is 44.5 Å². The second-order valence-corrected chi connectivity index (χ2v) is 4.73. The number of hydrogen-bond donors (Lipinski definition) is 1. The van der Waals surface area contributed by atoms with E-state index in [0.29, 0.717) is 11.6 Å². The highest BCUT2D eigenvalue weighted by atomic mass is 16.5. The van der Waals surface area contributed by atoms with Crippen molar-refractivity contribution in [2.75, 3.05) is 19.5 Å². The molecule has 0 amide bonds. The molecule has 1 aromatic carbocycles. The summed E-state index contributed by atoms with van der Waals surface area (Å²) in [6, 6.07) is 5.51. The molecule has 0 aromatic heterocycles. The largest absolute Gasteiger partial charge is 0.493 e. The van der Waals surface area contributed by atoms with Crippen LogP contribution in [0.2, 0.25) is 0 Å². The maximum absolute atomic E-state index is 5.84. The van der Waals surface area contributed by atoms with Crippen LogP contribution in [0, 0.1) is 5.92 Å². The summed E-state index contributed by atoms with van der Waals surface area (Å²) in [5, 5.41) is 0. The summed E-state index contributed by atoms with van der Waals surface area (Å²) >= 11 is 0. The number of anilines is 1. The lowest BCUT2D eigenvalue weighted by atomic mass is 9.90. The molecule has 0 atom stereocenters. The van der Waals surface area contributed by atoms with Crippen LogP contribution in [-0.2, 0) is 0 Å². The van der Waals surface area contributed by atoms with E-state index in [1.54, 1.807) is 7.11 Å². The molecule has 1 aromatic rings. The van der Waals surface area contributed by atoms with E-state index >= 15 is 0 Å². The Balaban J connectivity index is 1.95. The second-order valence-electron chi connectivity index (χ2n) is 4.73. The van der Waals surface area contributed by atoms with Gasteiger partial charge in [0.2, 0.25) is 0 Å². The van der Waals surface area contributed by atoms with Gasteiger partial charge in [-0.05, 0) is 30.9 Å². The van der Waals surface area contributed by atoms with Crippen LogP contribution >= 0.6 is 0 Å². The van der Waals surface area contributed by atoms with Gasteiger partial charge in [0.25, 0.3) is 0 Å². The Morgan fingerprint density at radius 2 is 1.94 bits per heavy atom. The first kappa shape index (κ1) is 12.1. The van der Waals surface area contributed by atoms with Gasteiger partial charge in [0.15, 0.2) is 11.5 Å². The summed E-state index contributed by atoms with van der Waals surface area (Å²) in [6.45, 7) is 0.778. The minimum atomic E-state index is 0.690. The van der Waals surface area contributed by atoms with Gasteiger partial charge in [0, 0.05) is 11.8 Å². The molecule has 3 heteroatoms. The van der Waals surface area contributed by atoms with Crippen molar-refractivity contribution in [1.29, 1.82) is 0 Å². The first-order valence-corrected chi connectivity index (χ1v) is 6.36. The van der Waals surface area contributed by atoms with Crippen molar-refractivity contribution in [3.05, 3.63) is 18.2 Å². The van der Waals surface area contributed by atoms with Crippen LogP contribution < -0.4 is 15.2 Å². The summed E-state index contributed by atoms with van der Waals surface area (Å²) in [5.41, 5.74) is 6.47. The maximum Gasteiger partial charge on any atom is 0.163 e. The van der Waals surface area contributed by atoms with E-state index in [-0.39, 0.29) is 0 Å². The molecule has 94 valence electrons. The standard InChI is InChI=1S/C14H21NO2/c1-16-13-8-7-12(15)9-14(13)17-10-11-5-3-2-4-6-11/h7-9,11H,2-6,10,15H2,1H3. The van der Waals surface area contributed by atoms with Crippen LogP contribution in [0.1, 0.15) is 32.1 Å². The predicted octanol–water partition coefficient (Wildman–Crippen LogP) is 3.24. The molecule has 0 aliphatic heterocycles. The zero-order chi connectivity index (χ0) is 12.1. The molecule has 2 N–H and O–H groups in total. The number of benzene rings is 1. The van der Waals surface area contributed by atoms with Crippen LogP contribution in [0.15, 0.2) is 18.2 Å². The quantitative estimate of drug-likeness (QED) is 0.815. The second kappa shape index (κ2) is 5.80. The summed E-state index contributed by atoms with van der Waals surface area (Å²) in [7, 11) is 1.65. The van der Waals surface area contributed by atoms with Crippen LogP contribution in [-0.4, -0.2) is 13.7 Å². The monoisotopic (exact) mass is 235 g/mol. The van der Waals surface area contributed by atoms with Crippen molar-refractivity contribution >= 4 is 5.69 Å². The Hall–Kier alpha value is -1.38. The smallest absolute Gasteiger partial charge is 0.163 e. The van der Waals surface area contributed by atoms with Crippen LogP contribution in [0.25, 0.3) is 0 Å². The molecule has 0 saturated heterocycles. The summed E-state index contributed by atoms with van der Waals surface area (Å²) in [4.78, 5) is 0. The molecular weight excluding hydrogens is 214 g/mol. The third-order valence-electron chi connectivity index (χ3n) is 3.39. The number of nitrogen functional groups attached to an aromatic ring is 1. The average molecular weight is 235 g/mol. The van der Waals surface area contributed by atoms with Crippen molar-refractivity contribution in [2.24, 2.45) is 5.92 Å². The Kier molecular flexibility index (Phi) is 4.13. The number of ether oxygens (including phenoxy) is 2. The van der Waals surface area contributed by atoms with Crippen LogP contribution in [0.3, 0.4) is 0 Å². The lowest BCUT2D eigenvalue weighted by Crippen LogP contribution is -2.15. The fraction of sp³-hybridized carbons (Fsp3) is 0.571. The summed E-state index contributed by atoms with van der Waals surface area (Å²) in [5.74, 6) is 2.21. The van der Waals surface area contributed by atoms with Gasteiger partial charge in [-0.25, -0.2) is 0 Å². The molecule has 1 aliphatic rings.